The van der Waals surface area contributed by atoms with Crippen molar-refractivity contribution in [3.63, 3.8) is 0 Å². The van der Waals surface area contributed by atoms with Crippen molar-refractivity contribution in [2.24, 2.45) is 0 Å². The molecule has 0 saturated carbocycles. The summed E-state index contributed by atoms with van der Waals surface area (Å²) >= 11 is 1.41. The molecule has 0 atom stereocenters. The molecule has 0 bridgehead atoms. The van der Waals surface area contributed by atoms with E-state index in [1.807, 2.05) is 11.5 Å². The fraction of sp³-hybridized carbons (Fsp3) is 0.550. The lowest BCUT2D eigenvalue weighted by molar-refractivity contribution is -0.118. The number of hydrogen-bond acceptors (Lipinski definition) is 5. The van der Waals surface area contributed by atoms with Gasteiger partial charge in [0.25, 0.3) is 0 Å². The second kappa shape index (κ2) is 11.1. The number of thioether (sulfide) groups is 1. The van der Waals surface area contributed by atoms with Gasteiger partial charge in [-0.05, 0) is 50.8 Å². The molecule has 0 saturated heterocycles. The number of benzene rings is 1. The first-order chi connectivity index (χ1) is 13.0. The maximum absolute atomic E-state index is 12.1. The summed E-state index contributed by atoms with van der Waals surface area (Å²) in [6.07, 6.45) is 3.06. The van der Waals surface area contributed by atoms with E-state index in [1.54, 1.807) is 0 Å². The minimum absolute atomic E-state index is 0.00160. The maximum Gasteiger partial charge on any atom is 0.230 e. The molecule has 1 N–H and O–H groups in total. The number of amides is 1. The number of aryl methyl sites for hydroxylation is 3. The monoisotopic (exact) mass is 390 g/mol. The van der Waals surface area contributed by atoms with E-state index in [-0.39, 0.29) is 5.91 Å². The fourth-order valence-electron chi connectivity index (χ4n) is 2.61. The van der Waals surface area contributed by atoms with Crippen LogP contribution in [-0.4, -0.2) is 46.2 Å². The molecule has 1 amide bonds. The van der Waals surface area contributed by atoms with E-state index in [0.29, 0.717) is 18.9 Å². The molecule has 0 aliphatic carbocycles. The molecule has 148 valence electrons. The van der Waals surface area contributed by atoms with E-state index in [1.165, 1.54) is 17.3 Å². The lowest BCUT2D eigenvalue weighted by Crippen LogP contribution is -2.27. The molecule has 27 heavy (non-hydrogen) atoms. The molecule has 2 rings (SSSR count). The van der Waals surface area contributed by atoms with E-state index in [4.69, 9.17) is 4.74 Å². The maximum atomic E-state index is 12.1. The van der Waals surface area contributed by atoms with E-state index in [9.17, 15) is 4.79 Å². The molecule has 0 spiro atoms. The van der Waals surface area contributed by atoms with Crippen LogP contribution in [-0.2, 0) is 9.53 Å². The zero-order chi connectivity index (χ0) is 19.6. The minimum Gasteiger partial charge on any atom is -0.381 e. The normalized spacial score (nSPS) is 11.0. The largest absolute Gasteiger partial charge is 0.381 e. The van der Waals surface area contributed by atoms with Crippen LogP contribution in [0.15, 0.2) is 23.4 Å². The molecule has 0 aliphatic heterocycles. The highest BCUT2D eigenvalue weighted by molar-refractivity contribution is 7.99. The Labute approximate surface area is 166 Å². The number of ether oxygens (including phenoxy) is 1. The van der Waals surface area contributed by atoms with E-state index in [2.05, 4.69) is 54.5 Å². The molecule has 0 aliphatic rings. The van der Waals surface area contributed by atoms with Crippen LogP contribution >= 0.6 is 11.8 Å². The summed E-state index contributed by atoms with van der Waals surface area (Å²) in [6, 6.07) is 6.30. The third kappa shape index (κ3) is 6.66. The SMILES string of the molecule is CCCCOCCCNC(=O)CSc1nnc(C)n1-c1cc(C)ccc1C. The summed E-state index contributed by atoms with van der Waals surface area (Å²) in [5.41, 5.74) is 3.39. The van der Waals surface area contributed by atoms with E-state index in [0.717, 1.165) is 48.1 Å². The van der Waals surface area contributed by atoms with Crippen molar-refractivity contribution < 1.29 is 9.53 Å². The Hall–Kier alpha value is -1.86. The molecule has 1 heterocycles. The summed E-state index contributed by atoms with van der Waals surface area (Å²) in [5, 5.41) is 12.1. The third-order valence-corrected chi connectivity index (χ3v) is 5.09. The lowest BCUT2D eigenvalue weighted by Gasteiger charge is -2.12. The molecule has 0 radical (unpaired) electrons. The van der Waals surface area contributed by atoms with Crippen molar-refractivity contribution in [2.45, 2.75) is 52.1 Å². The van der Waals surface area contributed by atoms with Gasteiger partial charge in [-0.2, -0.15) is 0 Å². The highest BCUT2D eigenvalue weighted by Crippen LogP contribution is 2.24. The van der Waals surface area contributed by atoms with Gasteiger partial charge in [-0.3, -0.25) is 9.36 Å². The molecular formula is C20H30N4O2S. The number of carbonyl (C=O) groups is 1. The van der Waals surface area contributed by atoms with Gasteiger partial charge in [0.1, 0.15) is 5.82 Å². The van der Waals surface area contributed by atoms with Crippen molar-refractivity contribution in [1.82, 2.24) is 20.1 Å². The van der Waals surface area contributed by atoms with Gasteiger partial charge in [-0.1, -0.05) is 37.2 Å². The van der Waals surface area contributed by atoms with Crippen LogP contribution in [0, 0.1) is 20.8 Å². The zero-order valence-corrected chi connectivity index (χ0v) is 17.6. The Kier molecular flexibility index (Phi) is 8.81. The number of nitrogens with one attached hydrogen (secondary N) is 1. The fourth-order valence-corrected chi connectivity index (χ4v) is 3.43. The van der Waals surface area contributed by atoms with Crippen LogP contribution in [0.3, 0.4) is 0 Å². The van der Waals surface area contributed by atoms with Gasteiger partial charge < -0.3 is 10.1 Å². The van der Waals surface area contributed by atoms with E-state index < -0.39 is 0 Å². The Morgan fingerprint density at radius 3 is 2.74 bits per heavy atom. The topological polar surface area (TPSA) is 69.0 Å². The Bertz CT molecular complexity index is 746. The smallest absolute Gasteiger partial charge is 0.230 e. The first-order valence-electron chi connectivity index (χ1n) is 9.49. The predicted octanol–water partition coefficient (Wildman–Crippen LogP) is 3.61. The van der Waals surface area contributed by atoms with Crippen LogP contribution in [0.2, 0.25) is 0 Å². The van der Waals surface area contributed by atoms with Crippen molar-refractivity contribution >= 4 is 17.7 Å². The number of unbranched alkanes of at least 4 members (excludes halogenated alkanes) is 1. The summed E-state index contributed by atoms with van der Waals surface area (Å²) in [7, 11) is 0. The number of aromatic nitrogens is 3. The van der Waals surface area contributed by atoms with Crippen LogP contribution in [0.25, 0.3) is 5.69 Å². The lowest BCUT2D eigenvalue weighted by atomic mass is 10.1. The summed E-state index contributed by atoms with van der Waals surface area (Å²) < 4.78 is 7.51. The summed E-state index contributed by atoms with van der Waals surface area (Å²) in [5.74, 6) is 1.14. The third-order valence-electron chi connectivity index (χ3n) is 4.16. The Balaban J connectivity index is 1.85. The molecule has 6 nitrogen and oxygen atoms in total. The van der Waals surface area contributed by atoms with Crippen LogP contribution in [0.1, 0.15) is 43.1 Å². The highest BCUT2D eigenvalue weighted by Gasteiger charge is 2.15. The van der Waals surface area contributed by atoms with Crippen LogP contribution in [0.5, 0.6) is 0 Å². The number of carbonyl (C=O) groups excluding carboxylic acids is 1. The van der Waals surface area contributed by atoms with Gasteiger partial charge >= 0.3 is 0 Å². The van der Waals surface area contributed by atoms with Gasteiger partial charge in [0.15, 0.2) is 5.16 Å². The van der Waals surface area contributed by atoms with Crippen LogP contribution in [0.4, 0.5) is 0 Å². The molecule has 0 fully saturated rings. The number of hydrogen-bond donors (Lipinski definition) is 1. The second-order valence-electron chi connectivity index (χ2n) is 6.61. The molecule has 2 aromatic rings. The average molecular weight is 391 g/mol. The quantitative estimate of drug-likeness (QED) is 0.469. The number of nitrogens with zero attached hydrogens (tertiary/aromatic N) is 3. The molecule has 0 unspecified atom stereocenters. The minimum atomic E-state index is 0.00160. The Morgan fingerprint density at radius 1 is 1.19 bits per heavy atom. The Morgan fingerprint density at radius 2 is 1.96 bits per heavy atom. The molecule has 7 heteroatoms. The van der Waals surface area contributed by atoms with Crippen molar-refractivity contribution in [3.8, 4) is 5.69 Å². The summed E-state index contributed by atoms with van der Waals surface area (Å²) in [6.45, 7) is 10.3. The second-order valence-corrected chi connectivity index (χ2v) is 7.56. The number of rotatable bonds is 11. The first-order valence-corrected chi connectivity index (χ1v) is 10.5. The predicted molar refractivity (Wildman–Crippen MR) is 110 cm³/mol. The summed E-state index contributed by atoms with van der Waals surface area (Å²) in [4.78, 5) is 12.1. The van der Waals surface area contributed by atoms with Gasteiger partial charge in [-0.25, -0.2) is 0 Å². The molecule has 1 aromatic carbocycles. The standard InChI is InChI=1S/C20H30N4O2S/c1-5-6-11-26-12-7-10-21-19(25)14-27-20-23-22-17(4)24(20)18-13-15(2)8-9-16(18)3/h8-9,13H,5-7,10-12,14H2,1-4H3,(H,21,25). The van der Waals surface area contributed by atoms with Crippen molar-refractivity contribution in [1.29, 1.82) is 0 Å². The molecular weight excluding hydrogens is 360 g/mol. The zero-order valence-electron chi connectivity index (χ0n) is 16.7. The first kappa shape index (κ1) is 21.4. The van der Waals surface area contributed by atoms with Gasteiger partial charge in [-0.15, -0.1) is 10.2 Å². The molecule has 1 aromatic heterocycles. The van der Waals surface area contributed by atoms with Gasteiger partial charge in [0.2, 0.25) is 5.91 Å². The highest BCUT2D eigenvalue weighted by atomic mass is 32.2. The van der Waals surface area contributed by atoms with Gasteiger partial charge in [0, 0.05) is 19.8 Å². The van der Waals surface area contributed by atoms with Crippen molar-refractivity contribution in [2.75, 3.05) is 25.5 Å². The average Bonchev–Trinajstić information content (AvgIpc) is 3.01. The van der Waals surface area contributed by atoms with Gasteiger partial charge in [0.05, 0.1) is 11.4 Å². The van der Waals surface area contributed by atoms with Crippen LogP contribution < -0.4 is 5.32 Å². The van der Waals surface area contributed by atoms with E-state index >= 15 is 0 Å². The van der Waals surface area contributed by atoms with Crippen molar-refractivity contribution in [3.05, 3.63) is 35.2 Å².